The normalized spacial score (nSPS) is 10.9. The number of hydrogen-bond acceptors (Lipinski definition) is 4. The van der Waals surface area contributed by atoms with Gasteiger partial charge in [-0.25, -0.2) is 4.39 Å². The molecule has 0 atom stereocenters. The number of nitriles is 1. The Kier molecular flexibility index (Phi) is 8.31. The van der Waals surface area contributed by atoms with Gasteiger partial charge in [-0.05, 0) is 60.5 Å². The Bertz CT molecular complexity index is 1220. The van der Waals surface area contributed by atoms with E-state index in [1.807, 2.05) is 13.0 Å². The molecular weight excluding hydrogens is 466 g/mol. The molecule has 3 aromatic rings. The Hall–Kier alpha value is -3.53. The van der Waals surface area contributed by atoms with Crippen LogP contribution >= 0.6 is 23.2 Å². The first kappa shape index (κ1) is 24.1. The summed E-state index contributed by atoms with van der Waals surface area (Å²) in [6.45, 7) is 2.44. The fourth-order valence-electron chi connectivity index (χ4n) is 2.85. The molecule has 5 nitrogen and oxygen atoms in total. The molecule has 8 heteroatoms. The van der Waals surface area contributed by atoms with Crippen molar-refractivity contribution >= 4 is 40.9 Å². The molecule has 3 rings (SSSR count). The molecule has 0 bridgehead atoms. The zero-order chi connectivity index (χ0) is 23.8. The molecule has 0 saturated carbocycles. The summed E-state index contributed by atoms with van der Waals surface area (Å²) < 4.78 is 24.5. The van der Waals surface area contributed by atoms with Crippen LogP contribution in [0.4, 0.5) is 10.1 Å². The van der Waals surface area contributed by atoms with E-state index in [-0.39, 0.29) is 28.0 Å². The first-order valence-electron chi connectivity index (χ1n) is 9.92. The molecule has 0 saturated heterocycles. The number of benzene rings is 3. The van der Waals surface area contributed by atoms with E-state index in [4.69, 9.17) is 32.7 Å². The number of hydrogen-bond donors (Lipinski definition) is 1. The Labute approximate surface area is 201 Å². The molecule has 0 aliphatic rings. The van der Waals surface area contributed by atoms with Gasteiger partial charge in [0.15, 0.2) is 11.5 Å². The Morgan fingerprint density at radius 2 is 1.85 bits per heavy atom. The van der Waals surface area contributed by atoms with Gasteiger partial charge in [0.25, 0.3) is 5.91 Å². The quantitative estimate of drug-likeness (QED) is 0.286. The summed E-state index contributed by atoms with van der Waals surface area (Å²) in [5.74, 6) is -0.0212. The largest absolute Gasteiger partial charge is 0.490 e. The summed E-state index contributed by atoms with van der Waals surface area (Å²) in [5.41, 5.74) is 1.53. The third-order valence-corrected chi connectivity index (χ3v) is 5.27. The highest BCUT2D eigenvalue weighted by Crippen LogP contribution is 2.31. The van der Waals surface area contributed by atoms with E-state index >= 15 is 0 Å². The van der Waals surface area contributed by atoms with Crippen molar-refractivity contribution in [1.29, 1.82) is 5.26 Å². The van der Waals surface area contributed by atoms with Crippen molar-refractivity contribution in [2.45, 2.75) is 13.5 Å². The smallest absolute Gasteiger partial charge is 0.266 e. The first-order chi connectivity index (χ1) is 15.9. The number of carbonyl (C=O) groups is 1. The second-order valence-corrected chi connectivity index (χ2v) is 7.56. The van der Waals surface area contributed by atoms with Gasteiger partial charge < -0.3 is 14.8 Å². The van der Waals surface area contributed by atoms with E-state index in [0.717, 1.165) is 5.56 Å². The topological polar surface area (TPSA) is 71.3 Å². The fraction of sp³-hybridized carbons (Fsp3) is 0.120. The minimum atomic E-state index is -0.628. The van der Waals surface area contributed by atoms with E-state index in [2.05, 4.69) is 5.32 Å². The monoisotopic (exact) mass is 484 g/mol. The lowest BCUT2D eigenvalue weighted by Crippen LogP contribution is -2.13. The van der Waals surface area contributed by atoms with E-state index in [0.29, 0.717) is 29.4 Å². The third-order valence-electron chi connectivity index (χ3n) is 4.45. The van der Waals surface area contributed by atoms with Gasteiger partial charge in [0.05, 0.1) is 22.3 Å². The summed E-state index contributed by atoms with van der Waals surface area (Å²) in [6, 6.07) is 17.7. The maximum Gasteiger partial charge on any atom is 0.266 e. The predicted octanol–water partition coefficient (Wildman–Crippen LogP) is 6.66. The second-order valence-electron chi connectivity index (χ2n) is 6.78. The zero-order valence-corrected chi connectivity index (χ0v) is 19.1. The van der Waals surface area contributed by atoms with E-state index in [1.165, 1.54) is 18.2 Å². The molecule has 0 aliphatic heterocycles. The minimum absolute atomic E-state index is 0.131. The minimum Gasteiger partial charge on any atom is -0.490 e. The van der Waals surface area contributed by atoms with Crippen molar-refractivity contribution in [3.63, 3.8) is 0 Å². The van der Waals surface area contributed by atoms with Crippen LogP contribution in [0.2, 0.25) is 10.0 Å². The number of ether oxygens (including phenoxy) is 2. The Morgan fingerprint density at radius 1 is 1.09 bits per heavy atom. The van der Waals surface area contributed by atoms with Crippen LogP contribution < -0.4 is 14.8 Å². The van der Waals surface area contributed by atoms with Crippen LogP contribution in [0.25, 0.3) is 6.08 Å². The summed E-state index contributed by atoms with van der Waals surface area (Å²) in [6.07, 6.45) is 1.43. The highest BCUT2D eigenvalue weighted by atomic mass is 35.5. The molecule has 0 fully saturated rings. The third kappa shape index (κ3) is 6.48. The van der Waals surface area contributed by atoms with E-state index in [1.54, 1.807) is 48.5 Å². The number of anilines is 1. The average molecular weight is 485 g/mol. The average Bonchev–Trinajstić information content (AvgIpc) is 2.81. The number of carbonyl (C=O) groups excluding carboxylic acids is 1. The van der Waals surface area contributed by atoms with E-state index in [9.17, 15) is 14.4 Å². The van der Waals surface area contributed by atoms with Crippen LogP contribution in [0.5, 0.6) is 11.5 Å². The molecular formula is C25H19Cl2FN2O3. The molecule has 0 unspecified atom stereocenters. The van der Waals surface area contributed by atoms with E-state index < -0.39 is 5.91 Å². The molecule has 1 amide bonds. The maximum atomic E-state index is 13.1. The molecule has 0 heterocycles. The lowest BCUT2D eigenvalue weighted by molar-refractivity contribution is -0.112. The molecule has 1 N–H and O–H groups in total. The van der Waals surface area contributed by atoms with Crippen LogP contribution in [-0.4, -0.2) is 12.5 Å². The number of rotatable bonds is 8. The van der Waals surface area contributed by atoms with Crippen molar-refractivity contribution in [3.8, 4) is 17.6 Å². The van der Waals surface area contributed by atoms with Gasteiger partial charge in [-0.1, -0.05) is 47.5 Å². The Balaban J connectivity index is 1.79. The van der Waals surface area contributed by atoms with Crippen molar-refractivity contribution in [3.05, 3.63) is 93.2 Å². The Morgan fingerprint density at radius 3 is 2.55 bits per heavy atom. The molecule has 168 valence electrons. The first-order valence-corrected chi connectivity index (χ1v) is 10.7. The maximum absolute atomic E-state index is 13.1. The number of halogens is 3. The molecule has 0 spiro atoms. The van der Waals surface area contributed by atoms with Crippen LogP contribution in [0.1, 0.15) is 18.1 Å². The van der Waals surface area contributed by atoms with Gasteiger partial charge in [-0.3, -0.25) is 4.79 Å². The van der Waals surface area contributed by atoms with Gasteiger partial charge in [0.2, 0.25) is 0 Å². The lowest BCUT2D eigenvalue weighted by Gasteiger charge is -2.13. The van der Waals surface area contributed by atoms with Gasteiger partial charge in [-0.2, -0.15) is 5.26 Å². The highest BCUT2D eigenvalue weighted by Gasteiger charge is 2.14. The molecule has 0 aromatic heterocycles. The zero-order valence-electron chi connectivity index (χ0n) is 17.6. The molecule has 0 aliphatic carbocycles. The van der Waals surface area contributed by atoms with Crippen LogP contribution in [0.3, 0.4) is 0 Å². The van der Waals surface area contributed by atoms with Crippen LogP contribution in [0.15, 0.2) is 66.2 Å². The molecule has 0 radical (unpaired) electrons. The SMILES string of the molecule is CCOc1cc(/C=C(/C#N)C(=O)Nc2cccc(Cl)c2Cl)ccc1OCc1ccc(F)cc1. The fourth-order valence-corrected chi connectivity index (χ4v) is 3.20. The van der Waals surface area contributed by atoms with Crippen molar-refractivity contribution in [2.24, 2.45) is 0 Å². The summed E-state index contributed by atoms with van der Waals surface area (Å²) in [5, 5.41) is 12.6. The van der Waals surface area contributed by atoms with Crippen molar-refractivity contribution in [2.75, 3.05) is 11.9 Å². The van der Waals surface area contributed by atoms with Gasteiger partial charge in [0.1, 0.15) is 24.1 Å². The summed E-state index contributed by atoms with van der Waals surface area (Å²) in [4.78, 5) is 12.6. The van der Waals surface area contributed by atoms with Crippen molar-refractivity contribution < 1.29 is 18.7 Å². The van der Waals surface area contributed by atoms with Crippen LogP contribution in [-0.2, 0) is 11.4 Å². The number of nitrogens with one attached hydrogen (secondary N) is 1. The molecule has 3 aromatic carbocycles. The summed E-state index contributed by atoms with van der Waals surface area (Å²) in [7, 11) is 0. The van der Waals surface area contributed by atoms with Crippen molar-refractivity contribution in [1.82, 2.24) is 0 Å². The van der Waals surface area contributed by atoms with Gasteiger partial charge in [0, 0.05) is 0 Å². The van der Waals surface area contributed by atoms with Gasteiger partial charge >= 0.3 is 0 Å². The number of nitrogens with zero attached hydrogens (tertiary/aromatic N) is 1. The summed E-state index contributed by atoms with van der Waals surface area (Å²) >= 11 is 12.1. The van der Waals surface area contributed by atoms with Crippen LogP contribution in [0, 0.1) is 17.1 Å². The second kappa shape index (κ2) is 11.4. The van der Waals surface area contributed by atoms with Gasteiger partial charge in [-0.15, -0.1) is 0 Å². The molecule has 33 heavy (non-hydrogen) atoms. The standard InChI is InChI=1S/C25H19Cl2FN2O3/c1-2-32-23-13-17(8-11-22(23)33-15-16-6-9-19(28)10-7-16)12-18(14-29)25(31)30-21-5-3-4-20(26)24(21)27/h3-13H,2,15H2,1H3,(H,30,31)/b18-12-. The number of amides is 1. The predicted molar refractivity (Wildman–Crippen MR) is 127 cm³/mol. The lowest BCUT2D eigenvalue weighted by atomic mass is 10.1. The highest BCUT2D eigenvalue weighted by molar-refractivity contribution is 6.44.